The van der Waals surface area contributed by atoms with Crippen molar-refractivity contribution in [2.45, 2.75) is 13.8 Å². The highest BCUT2D eigenvalue weighted by Crippen LogP contribution is 2.53. The normalized spacial score (nSPS) is 11.5. The van der Waals surface area contributed by atoms with Crippen molar-refractivity contribution >= 4 is 98.8 Å². The molecule has 6 nitrogen and oxygen atoms in total. The maximum atomic E-state index is 11.3. The van der Waals surface area contributed by atoms with Crippen LogP contribution < -0.4 is 19.3 Å². The first-order valence-corrected chi connectivity index (χ1v) is 20.6. The minimum absolute atomic E-state index is 0.584. The molecule has 0 amide bonds. The minimum atomic E-state index is 0.584. The molecule has 0 radical (unpaired) electrons. The molecule has 294 valence electrons. The minimum Gasteiger partial charge on any atom is -0.497 e. The summed E-state index contributed by atoms with van der Waals surface area (Å²) in [5.74, 6) is 1.56. The molecule has 0 aliphatic carbocycles. The topological polar surface area (TPSA) is 72.5 Å². The van der Waals surface area contributed by atoms with E-state index in [9.17, 15) is 10.5 Å². The van der Waals surface area contributed by atoms with Gasteiger partial charge in [0.25, 0.3) is 0 Å². The van der Waals surface area contributed by atoms with Crippen molar-refractivity contribution < 1.29 is 9.47 Å². The molecule has 0 fully saturated rings. The lowest BCUT2D eigenvalue weighted by Gasteiger charge is -2.27. The SMILES string of the molecule is COc1ccc(N(c2ccc(C)cc2)c2ccc3c4c(C#N)c5c6cccc7c(N(c8ccc(C)cc8)c8ccc(OC)cc8)ccc(c5c(C#N)c4c4cccc2c43)c76)cc1. The van der Waals surface area contributed by atoms with Crippen LogP contribution in [0.15, 0.2) is 158 Å². The summed E-state index contributed by atoms with van der Waals surface area (Å²) in [6.45, 7) is 4.18. The van der Waals surface area contributed by atoms with Crippen LogP contribution in [0.1, 0.15) is 22.3 Å². The van der Waals surface area contributed by atoms with Crippen LogP contribution in [0.2, 0.25) is 0 Å². The second kappa shape index (κ2) is 14.2. The molecule has 0 aliphatic rings. The molecule has 0 unspecified atom stereocenters. The fourth-order valence-electron chi connectivity index (χ4n) is 9.76. The van der Waals surface area contributed by atoms with E-state index in [4.69, 9.17) is 9.47 Å². The molecule has 6 heteroatoms. The van der Waals surface area contributed by atoms with Crippen molar-refractivity contribution in [2.75, 3.05) is 24.0 Å². The van der Waals surface area contributed by atoms with Gasteiger partial charge in [-0.25, -0.2) is 0 Å². The number of benzene rings is 9. The number of hydrogen-bond donors (Lipinski definition) is 0. The lowest BCUT2D eigenvalue weighted by Crippen LogP contribution is -2.10. The Morgan fingerprint density at radius 1 is 0.355 bits per heavy atom. The van der Waals surface area contributed by atoms with E-state index in [1.165, 1.54) is 11.1 Å². The van der Waals surface area contributed by atoms with Gasteiger partial charge in [0.1, 0.15) is 23.6 Å². The predicted molar refractivity (Wildman–Crippen MR) is 255 cm³/mol. The number of nitrogens with zero attached hydrogens (tertiary/aromatic N) is 4. The number of hydrogen-bond acceptors (Lipinski definition) is 6. The third kappa shape index (κ3) is 5.34. The van der Waals surface area contributed by atoms with Crippen LogP contribution in [0.25, 0.3) is 64.6 Å². The maximum Gasteiger partial charge on any atom is 0.119 e. The van der Waals surface area contributed by atoms with Crippen molar-refractivity contribution in [3.63, 3.8) is 0 Å². The summed E-state index contributed by atoms with van der Waals surface area (Å²) < 4.78 is 11.1. The molecule has 0 N–H and O–H groups in total. The van der Waals surface area contributed by atoms with Crippen molar-refractivity contribution in [2.24, 2.45) is 0 Å². The fourth-order valence-corrected chi connectivity index (χ4v) is 9.76. The Morgan fingerprint density at radius 2 is 0.661 bits per heavy atom. The second-order valence-electron chi connectivity index (χ2n) is 15.9. The van der Waals surface area contributed by atoms with Crippen molar-refractivity contribution in [1.29, 1.82) is 10.5 Å². The lowest BCUT2D eigenvalue weighted by molar-refractivity contribution is 0.414. The molecule has 0 aromatic heterocycles. The van der Waals surface area contributed by atoms with Gasteiger partial charge >= 0.3 is 0 Å². The number of rotatable bonds is 8. The van der Waals surface area contributed by atoms with Crippen LogP contribution in [0.3, 0.4) is 0 Å². The molecule has 11 aromatic carbocycles. The third-order valence-corrected chi connectivity index (χ3v) is 12.6. The highest BCUT2D eigenvalue weighted by atomic mass is 16.5. The Morgan fingerprint density at radius 3 is 0.984 bits per heavy atom. The highest BCUT2D eigenvalue weighted by Gasteiger charge is 2.29. The number of ether oxygens (including phenoxy) is 2. The highest BCUT2D eigenvalue weighted by molar-refractivity contribution is 6.42. The molecule has 0 bridgehead atoms. The average Bonchev–Trinajstić information content (AvgIpc) is 3.83. The van der Waals surface area contributed by atoms with Gasteiger partial charge in [-0.2, -0.15) is 10.5 Å². The van der Waals surface area contributed by atoms with E-state index in [1.54, 1.807) is 14.2 Å². The first-order chi connectivity index (χ1) is 30.4. The summed E-state index contributed by atoms with van der Waals surface area (Å²) in [4.78, 5) is 4.53. The molecule has 0 spiro atoms. The van der Waals surface area contributed by atoms with Gasteiger partial charge in [-0.15, -0.1) is 0 Å². The van der Waals surface area contributed by atoms with E-state index in [0.29, 0.717) is 11.1 Å². The number of fused-ring (bicyclic) bond motifs is 6. The molecule has 0 heterocycles. The van der Waals surface area contributed by atoms with E-state index < -0.39 is 0 Å². The zero-order chi connectivity index (χ0) is 42.2. The number of methoxy groups -OCH3 is 2. The van der Waals surface area contributed by atoms with E-state index in [-0.39, 0.29) is 0 Å². The summed E-state index contributed by atoms with van der Waals surface area (Å²) in [5.41, 5.74) is 9.51. The maximum absolute atomic E-state index is 11.3. The van der Waals surface area contributed by atoms with E-state index in [1.807, 2.05) is 24.3 Å². The van der Waals surface area contributed by atoms with Crippen LogP contribution in [-0.2, 0) is 0 Å². The van der Waals surface area contributed by atoms with Gasteiger partial charge in [0.05, 0.1) is 36.7 Å². The number of aryl methyl sites for hydroxylation is 2. The molecular weight excluding hydrogens is 761 g/mol. The Hall–Kier alpha value is -8.32. The molecule has 0 saturated heterocycles. The summed E-state index contributed by atoms with van der Waals surface area (Å²) in [6, 6.07) is 59.9. The number of anilines is 6. The monoisotopic (exact) mass is 798 g/mol. The number of nitriles is 2. The van der Waals surface area contributed by atoms with Gasteiger partial charge in [0.15, 0.2) is 0 Å². The Labute approximate surface area is 358 Å². The van der Waals surface area contributed by atoms with Crippen LogP contribution in [0.4, 0.5) is 34.1 Å². The molecule has 0 saturated carbocycles. The van der Waals surface area contributed by atoms with Gasteiger partial charge in [-0.3, -0.25) is 0 Å². The lowest BCUT2D eigenvalue weighted by atomic mass is 9.94. The summed E-state index contributed by atoms with van der Waals surface area (Å²) >= 11 is 0. The zero-order valence-corrected chi connectivity index (χ0v) is 34.6. The van der Waals surface area contributed by atoms with E-state index >= 15 is 0 Å². The molecular formula is C56H38N4O2. The van der Waals surface area contributed by atoms with Crippen molar-refractivity contribution in [3.05, 3.63) is 180 Å². The molecule has 0 atom stereocenters. The third-order valence-electron chi connectivity index (χ3n) is 12.6. The van der Waals surface area contributed by atoms with Gasteiger partial charge in [0.2, 0.25) is 0 Å². The smallest absolute Gasteiger partial charge is 0.119 e. The summed E-state index contributed by atoms with van der Waals surface area (Å²) in [5, 5.41) is 33.9. The Balaban J connectivity index is 1.20. The van der Waals surface area contributed by atoms with Crippen molar-refractivity contribution in [3.8, 4) is 23.6 Å². The van der Waals surface area contributed by atoms with Gasteiger partial charge in [0, 0.05) is 55.1 Å². The van der Waals surface area contributed by atoms with E-state index in [2.05, 4.69) is 169 Å². The van der Waals surface area contributed by atoms with Gasteiger partial charge in [-0.05, 0) is 131 Å². The second-order valence-corrected chi connectivity index (χ2v) is 15.9. The molecule has 11 rings (SSSR count). The quantitative estimate of drug-likeness (QED) is 0.152. The van der Waals surface area contributed by atoms with E-state index in [0.717, 1.165) is 110 Å². The molecule has 62 heavy (non-hydrogen) atoms. The fraction of sp³-hybridized carbons (Fsp3) is 0.0714. The van der Waals surface area contributed by atoms with Crippen LogP contribution in [0, 0.1) is 36.5 Å². The van der Waals surface area contributed by atoms with Gasteiger partial charge < -0.3 is 19.3 Å². The largest absolute Gasteiger partial charge is 0.497 e. The van der Waals surface area contributed by atoms with Gasteiger partial charge in [-0.1, -0.05) is 83.9 Å². The van der Waals surface area contributed by atoms with Crippen LogP contribution in [0.5, 0.6) is 11.5 Å². The summed E-state index contributed by atoms with van der Waals surface area (Å²) in [7, 11) is 3.35. The van der Waals surface area contributed by atoms with Crippen molar-refractivity contribution in [1.82, 2.24) is 0 Å². The summed E-state index contributed by atoms with van der Waals surface area (Å²) in [6.07, 6.45) is 0. The van der Waals surface area contributed by atoms with Crippen LogP contribution in [-0.4, -0.2) is 14.2 Å². The van der Waals surface area contributed by atoms with Crippen LogP contribution >= 0.6 is 0 Å². The Bertz CT molecular complexity index is 3320. The first kappa shape index (κ1) is 36.7. The zero-order valence-electron chi connectivity index (χ0n) is 34.6. The Kier molecular flexibility index (Phi) is 8.39. The molecule has 0 aliphatic heterocycles. The predicted octanol–water partition coefficient (Wildman–Crippen LogP) is 14.8. The molecule has 11 aromatic rings. The average molecular weight is 799 g/mol. The first-order valence-electron chi connectivity index (χ1n) is 20.6. The standard InChI is InChI=1S/C56H38N4O2/c1-33-11-15-35(16-12-33)59(37-19-23-39(61-3)24-20-37)49-29-27-45-51-41(49)7-5-9-43(51)53-47(31-57)56-46-28-30-50(42-8-6-10-44(52(42)46)54(56)48(32-58)55(45)53)60(36-17-13-34(2)14-18-36)38-21-25-40(62-4)26-22-38/h5-30H,1-4H3.